The van der Waals surface area contributed by atoms with E-state index in [4.69, 9.17) is 4.74 Å². The van der Waals surface area contributed by atoms with Gasteiger partial charge < -0.3 is 4.74 Å². The van der Waals surface area contributed by atoms with Crippen LogP contribution in [0.25, 0.3) is 0 Å². The van der Waals surface area contributed by atoms with Crippen molar-refractivity contribution in [3.8, 4) is 0 Å². The predicted molar refractivity (Wildman–Crippen MR) is 100 cm³/mol. The molecule has 0 spiro atoms. The maximum atomic E-state index is 13.1. The Bertz CT molecular complexity index is 549. The summed E-state index contributed by atoms with van der Waals surface area (Å²) in [5.41, 5.74) is 0. The third-order valence-electron chi connectivity index (χ3n) is 5.75. The fourth-order valence-electron chi connectivity index (χ4n) is 4.73. The van der Waals surface area contributed by atoms with E-state index in [-0.39, 0.29) is 51.1 Å². The number of esters is 1. The molecule has 7 heteroatoms. The molecule has 2 saturated carbocycles. The lowest BCUT2D eigenvalue weighted by Gasteiger charge is -2.28. The van der Waals surface area contributed by atoms with Gasteiger partial charge in [0, 0.05) is 9.65 Å². The summed E-state index contributed by atoms with van der Waals surface area (Å²) < 4.78 is 5.29. The number of carbonyl (C=O) groups excluding carboxylic acids is 3. The van der Waals surface area contributed by atoms with Crippen molar-refractivity contribution >= 4 is 49.6 Å². The van der Waals surface area contributed by atoms with Crippen LogP contribution in [-0.2, 0) is 19.1 Å². The number of hydrogen-bond acceptors (Lipinski definition) is 4. The van der Waals surface area contributed by atoms with E-state index in [0.717, 1.165) is 6.42 Å². The molecule has 5 nitrogen and oxygen atoms in total. The minimum absolute atomic E-state index is 0.159. The fourth-order valence-corrected chi connectivity index (χ4v) is 6.60. The molecule has 2 amide bonds. The van der Waals surface area contributed by atoms with Gasteiger partial charge >= 0.3 is 5.97 Å². The Labute approximate surface area is 165 Å². The zero-order valence-corrected chi connectivity index (χ0v) is 18.0. The molecule has 1 aliphatic heterocycles. The van der Waals surface area contributed by atoms with Crippen LogP contribution in [0.2, 0.25) is 0 Å². The first-order valence-corrected chi connectivity index (χ1v) is 10.9. The molecule has 0 aromatic rings. The van der Waals surface area contributed by atoms with Gasteiger partial charge in [0.1, 0.15) is 6.04 Å². The summed E-state index contributed by atoms with van der Waals surface area (Å²) in [6.07, 6.45) is 2.06. The Morgan fingerprint density at radius 2 is 1.68 bits per heavy atom. The van der Waals surface area contributed by atoms with Gasteiger partial charge in [-0.25, -0.2) is 4.79 Å². The van der Waals surface area contributed by atoms with Crippen LogP contribution < -0.4 is 0 Å². The van der Waals surface area contributed by atoms with Crippen molar-refractivity contribution < 1.29 is 19.1 Å². The van der Waals surface area contributed by atoms with Crippen molar-refractivity contribution in [2.45, 2.75) is 55.7 Å². The number of imide groups is 1. The molecule has 140 valence electrons. The van der Waals surface area contributed by atoms with Crippen molar-refractivity contribution in [2.75, 3.05) is 6.61 Å². The van der Waals surface area contributed by atoms with Gasteiger partial charge in [0.05, 0.1) is 18.4 Å². The summed E-state index contributed by atoms with van der Waals surface area (Å²) in [5.74, 6) is -0.871. The minimum Gasteiger partial charge on any atom is -0.464 e. The monoisotopic (exact) mass is 477 g/mol. The number of fused-ring (bicyclic) bond motifs is 5. The number of likely N-dealkylation sites (tertiary alicyclic amines) is 1. The zero-order valence-electron chi connectivity index (χ0n) is 14.8. The molecular weight excluding hydrogens is 454 g/mol. The molecule has 0 N–H and O–H groups in total. The number of nitrogens with zero attached hydrogens (tertiary/aromatic N) is 1. The summed E-state index contributed by atoms with van der Waals surface area (Å²) in [6, 6.07) is -0.792. The lowest BCUT2D eigenvalue weighted by Crippen LogP contribution is -2.47. The first-order valence-electron chi connectivity index (χ1n) is 9.11. The van der Waals surface area contributed by atoms with E-state index in [1.807, 2.05) is 20.8 Å². The van der Waals surface area contributed by atoms with Crippen LogP contribution in [0.3, 0.4) is 0 Å². The highest BCUT2D eigenvalue weighted by atomic mass is 79.9. The van der Waals surface area contributed by atoms with Crippen LogP contribution in [0.1, 0.15) is 40.0 Å². The number of amides is 2. The molecule has 0 aromatic heterocycles. The van der Waals surface area contributed by atoms with Crippen LogP contribution in [0.4, 0.5) is 0 Å². The van der Waals surface area contributed by atoms with E-state index < -0.39 is 12.0 Å². The lowest BCUT2D eigenvalue weighted by molar-refractivity contribution is -0.160. The maximum Gasteiger partial charge on any atom is 0.329 e. The maximum absolute atomic E-state index is 13.1. The summed E-state index contributed by atoms with van der Waals surface area (Å²) >= 11 is 7.37. The van der Waals surface area contributed by atoms with Crippen molar-refractivity contribution in [2.24, 2.45) is 29.6 Å². The molecule has 3 rings (SSSR count). The minimum atomic E-state index is -0.792. The summed E-state index contributed by atoms with van der Waals surface area (Å²) in [4.78, 5) is 40.4. The number of alkyl halides is 2. The van der Waals surface area contributed by atoms with Crippen molar-refractivity contribution in [3.63, 3.8) is 0 Å². The molecule has 7 atom stereocenters. The standard InChI is InChI=1S/C18H25Br2NO4/c1-4-5-25-18(24)11(6-8(2)3)21-16(22)12-9-7-10(13(12)17(21)23)15(20)14(9)19/h8-15H,4-7H2,1-3H3/t9-,10-,11+,12-,13+,14+,15+/m1/s1. The van der Waals surface area contributed by atoms with Gasteiger partial charge in [-0.15, -0.1) is 0 Å². The number of rotatable bonds is 6. The van der Waals surface area contributed by atoms with E-state index in [0.29, 0.717) is 19.4 Å². The molecule has 0 radical (unpaired) electrons. The first-order chi connectivity index (χ1) is 11.8. The summed E-state index contributed by atoms with van der Waals surface area (Å²) in [5, 5.41) is 0. The molecule has 2 aliphatic carbocycles. The average Bonchev–Trinajstić information content (AvgIpc) is 3.15. The van der Waals surface area contributed by atoms with Crippen LogP contribution in [0.5, 0.6) is 0 Å². The Balaban J connectivity index is 1.86. The molecular formula is C18H25Br2NO4. The lowest BCUT2D eigenvalue weighted by atomic mass is 9.81. The number of carbonyl (C=O) groups is 3. The number of hydrogen-bond donors (Lipinski definition) is 0. The van der Waals surface area contributed by atoms with Crippen LogP contribution in [0.15, 0.2) is 0 Å². The quantitative estimate of drug-likeness (QED) is 0.334. The van der Waals surface area contributed by atoms with Crippen molar-refractivity contribution in [1.29, 1.82) is 0 Å². The largest absolute Gasteiger partial charge is 0.464 e. The highest BCUT2D eigenvalue weighted by molar-refractivity contribution is 9.12. The molecule has 0 unspecified atom stereocenters. The zero-order chi connectivity index (χ0) is 18.5. The molecule has 1 saturated heterocycles. The van der Waals surface area contributed by atoms with E-state index >= 15 is 0 Å². The summed E-state index contributed by atoms with van der Waals surface area (Å²) in [7, 11) is 0. The molecule has 3 aliphatic rings. The molecule has 1 heterocycles. The second-order valence-corrected chi connectivity index (χ2v) is 9.98. The van der Waals surface area contributed by atoms with Gasteiger partial charge in [0.25, 0.3) is 0 Å². The summed E-state index contributed by atoms with van der Waals surface area (Å²) in [6.45, 7) is 6.21. The van der Waals surface area contributed by atoms with E-state index in [9.17, 15) is 14.4 Å². The van der Waals surface area contributed by atoms with Gasteiger partial charge in [-0.2, -0.15) is 0 Å². The Morgan fingerprint density at radius 3 is 2.12 bits per heavy atom. The number of ether oxygens (including phenoxy) is 1. The van der Waals surface area contributed by atoms with Gasteiger partial charge in [-0.1, -0.05) is 52.6 Å². The smallest absolute Gasteiger partial charge is 0.329 e. The van der Waals surface area contributed by atoms with E-state index in [1.165, 1.54) is 4.90 Å². The molecule has 2 bridgehead atoms. The van der Waals surface area contributed by atoms with E-state index in [1.54, 1.807) is 0 Å². The second-order valence-electron chi connectivity index (χ2n) is 7.86. The topological polar surface area (TPSA) is 63.7 Å². The van der Waals surface area contributed by atoms with Gasteiger partial charge in [0.15, 0.2) is 0 Å². The predicted octanol–water partition coefficient (Wildman–Crippen LogP) is 3.13. The van der Waals surface area contributed by atoms with Crippen LogP contribution in [0, 0.1) is 29.6 Å². The van der Waals surface area contributed by atoms with Crippen molar-refractivity contribution in [3.05, 3.63) is 0 Å². The Morgan fingerprint density at radius 1 is 1.16 bits per heavy atom. The third-order valence-corrected chi connectivity index (χ3v) is 8.95. The molecule has 0 aromatic carbocycles. The second kappa shape index (κ2) is 7.29. The SMILES string of the molecule is CCCOC(=O)[C@H](CC(C)C)N1C(=O)[C@@H]2[C@H]3C[C@@H]([C@H](Br)[C@H]3Br)[C@@H]2C1=O. The van der Waals surface area contributed by atoms with Gasteiger partial charge in [-0.3, -0.25) is 14.5 Å². The Hall–Kier alpha value is -0.430. The van der Waals surface area contributed by atoms with Crippen LogP contribution >= 0.6 is 31.9 Å². The third kappa shape index (κ3) is 3.09. The Kier molecular flexibility index (Phi) is 5.64. The average molecular weight is 479 g/mol. The fraction of sp³-hybridized carbons (Fsp3) is 0.833. The number of halogens is 2. The highest BCUT2D eigenvalue weighted by Gasteiger charge is 2.67. The van der Waals surface area contributed by atoms with Crippen molar-refractivity contribution in [1.82, 2.24) is 4.90 Å². The normalized spacial score (nSPS) is 37.8. The first kappa shape index (κ1) is 19.3. The van der Waals surface area contributed by atoms with E-state index in [2.05, 4.69) is 31.9 Å². The highest BCUT2D eigenvalue weighted by Crippen LogP contribution is 2.60. The van der Waals surface area contributed by atoms with Gasteiger partial charge in [-0.05, 0) is 37.0 Å². The van der Waals surface area contributed by atoms with Crippen LogP contribution in [-0.4, -0.2) is 45.0 Å². The molecule has 25 heavy (non-hydrogen) atoms. The molecule has 3 fully saturated rings. The van der Waals surface area contributed by atoms with Gasteiger partial charge in [0.2, 0.25) is 11.8 Å².